The fourth-order valence-corrected chi connectivity index (χ4v) is 2.57. The van der Waals surface area contributed by atoms with E-state index in [0.29, 0.717) is 31.2 Å². The molecule has 0 aromatic rings. The van der Waals surface area contributed by atoms with Gasteiger partial charge in [-0.2, -0.15) is 0 Å². The van der Waals surface area contributed by atoms with Crippen LogP contribution in [0.4, 0.5) is 4.79 Å². The van der Waals surface area contributed by atoms with Crippen LogP contribution < -0.4 is 5.32 Å². The van der Waals surface area contributed by atoms with Crippen LogP contribution in [0.25, 0.3) is 0 Å². The highest BCUT2D eigenvalue weighted by Crippen LogP contribution is 2.49. The second-order valence-corrected chi connectivity index (χ2v) is 5.57. The number of nitrogens with zero attached hydrogens (tertiary/aromatic N) is 1. The Hall–Kier alpha value is -1.39. The van der Waals surface area contributed by atoms with E-state index < -0.39 is 17.4 Å². The Kier molecular flexibility index (Phi) is 2.09. The topological polar surface area (TPSA) is 66.5 Å². The molecule has 1 aliphatic heterocycles. The maximum Gasteiger partial charge on any atom is 0.330 e. The summed E-state index contributed by atoms with van der Waals surface area (Å²) in [6, 6.07) is -0.537. The number of nitrogens with one attached hydrogen (secondary N) is 1. The lowest BCUT2D eigenvalue weighted by atomic mass is 9.99. The third-order valence-corrected chi connectivity index (χ3v) is 4.20. The van der Waals surface area contributed by atoms with Crippen LogP contribution in [-0.2, 0) is 9.59 Å². The minimum atomic E-state index is -0.892. The van der Waals surface area contributed by atoms with Gasteiger partial charge in [0.2, 0.25) is 11.8 Å². The largest absolute Gasteiger partial charge is 0.330 e. The summed E-state index contributed by atoms with van der Waals surface area (Å²) in [5.41, 5.74) is -0.892. The summed E-state index contributed by atoms with van der Waals surface area (Å²) in [5, 5.41) is 2.30. The van der Waals surface area contributed by atoms with Gasteiger partial charge >= 0.3 is 6.03 Å². The Morgan fingerprint density at radius 2 is 2.00 bits per heavy atom. The molecule has 0 aromatic carbocycles. The number of amides is 4. The van der Waals surface area contributed by atoms with E-state index in [0.717, 1.165) is 0 Å². The molecule has 0 aromatic heterocycles. The van der Waals surface area contributed by atoms with Crippen molar-refractivity contribution >= 4 is 17.8 Å². The Labute approximate surface area is 99.5 Å². The van der Waals surface area contributed by atoms with E-state index >= 15 is 0 Å². The lowest BCUT2D eigenvalue weighted by Gasteiger charge is -2.31. The van der Waals surface area contributed by atoms with Gasteiger partial charge in [0, 0.05) is 6.54 Å². The predicted molar refractivity (Wildman–Crippen MR) is 58.8 cm³/mol. The molecular weight excluding hydrogens is 220 g/mol. The van der Waals surface area contributed by atoms with Gasteiger partial charge in [-0.25, -0.2) is 4.79 Å². The molecule has 92 valence electrons. The van der Waals surface area contributed by atoms with Crippen molar-refractivity contribution < 1.29 is 14.4 Å². The minimum absolute atomic E-state index is 0.279. The average Bonchev–Trinajstić information content (AvgIpc) is 3.16. The SMILES string of the molecule is CC(CN1C(=O)NC(=O)C2(CC2)C1=O)C1CC1. The van der Waals surface area contributed by atoms with Gasteiger partial charge < -0.3 is 0 Å². The fraction of sp³-hybridized carbons (Fsp3) is 0.750. The summed E-state index contributed by atoms with van der Waals surface area (Å²) in [7, 11) is 0. The second kappa shape index (κ2) is 3.31. The van der Waals surface area contributed by atoms with E-state index in [2.05, 4.69) is 12.2 Å². The monoisotopic (exact) mass is 236 g/mol. The van der Waals surface area contributed by atoms with Gasteiger partial charge in [-0.3, -0.25) is 19.8 Å². The van der Waals surface area contributed by atoms with Crippen molar-refractivity contribution in [3.05, 3.63) is 0 Å². The van der Waals surface area contributed by atoms with Gasteiger partial charge in [0.05, 0.1) is 0 Å². The summed E-state index contributed by atoms with van der Waals surface area (Å²) in [6.45, 7) is 2.51. The van der Waals surface area contributed by atoms with Crippen LogP contribution in [0.15, 0.2) is 0 Å². The van der Waals surface area contributed by atoms with Gasteiger partial charge in [-0.15, -0.1) is 0 Å². The summed E-state index contributed by atoms with van der Waals surface area (Å²) in [4.78, 5) is 36.7. The molecule has 3 rings (SSSR count). The van der Waals surface area contributed by atoms with Gasteiger partial charge in [0.1, 0.15) is 5.41 Å². The molecule has 1 unspecified atom stereocenters. The zero-order valence-electron chi connectivity index (χ0n) is 9.86. The molecule has 0 bridgehead atoms. The average molecular weight is 236 g/mol. The molecule has 4 amide bonds. The normalized spacial score (nSPS) is 28.3. The lowest BCUT2D eigenvalue weighted by molar-refractivity contribution is -0.145. The van der Waals surface area contributed by atoms with Crippen molar-refractivity contribution in [1.82, 2.24) is 10.2 Å². The Balaban J connectivity index is 1.76. The quantitative estimate of drug-likeness (QED) is 0.740. The molecule has 3 aliphatic rings. The molecule has 1 saturated heterocycles. The molecule has 5 heteroatoms. The lowest BCUT2D eigenvalue weighted by Crippen LogP contribution is -2.59. The van der Waals surface area contributed by atoms with E-state index in [1.165, 1.54) is 17.7 Å². The Morgan fingerprint density at radius 1 is 1.35 bits per heavy atom. The molecule has 5 nitrogen and oxygen atoms in total. The van der Waals surface area contributed by atoms with E-state index in [1.54, 1.807) is 0 Å². The van der Waals surface area contributed by atoms with Crippen molar-refractivity contribution in [3.63, 3.8) is 0 Å². The molecule has 1 atom stereocenters. The number of urea groups is 1. The second-order valence-electron chi connectivity index (χ2n) is 5.57. The van der Waals surface area contributed by atoms with Crippen LogP contribution in [0.5, 0.6) is 0 Å². The summed E-state index contributed by atoms with van der Waals surface area (Å²) >= 11 is 0. The van der Waals surface area contributed by atoms with Crippen LogP contribution in [-0.4, -0.2) is 29.3 Å². The molecule has 17 heavy (non-hydrogen) atoms. The maximum absolute atomic E-state index is 12.2. The van der Waals surface area contributed by atoms with Crippen molar-refractivity contribution in [2.75, 3.05) is 6.54 Å². The summed E-state index contributed by atoms with van der Waals surface area (Å²) in [5.74, 6) is 0.304. The summed E-state index contributed by atoms with van der Waals surface area (Å²) < 4.78 is 0. The first-order chi connectivity index (χ1) is 8.04. The van der Waals surface area contributed by atoms with Crippen LogP contribution in [0.2, 0.25) is 0 Å². The van der Waals surface area contributed by atoms with Crippen LogP contribution in [0.3, 0.4) is 0 Å². The highest BCUT2D eigenvalue weighted by molar-refractivity contribution is 6.20. The minimum Gasteiger partial charge on any atom is -0.277 e. The van der Waals surface area contributed by atoms with Gasteiger partial charge in [0.25, 0.3) is 0 Å². The first-order valence-electron chi connectivity index (χ1n) is 6.22. The van der Waals surface area contributed by atoms with Gasteiger partial charge in [0.15, 0.2) is 0 Å². The van der Waals surface area contributed by atoms with E-state index in [9.17, 15) is 14.4 Å². The molecule has 1 heterocycles. The first kappa shape index (κ1) is 10.7. The Morgan fingerprint density at radius 3 is 2.53 bits per heavy atom. The third-order valence-electron chi connectivity index (χ3n) is 4.20. The fourth-order valence-electron chi connectivity index (χ4n) is 2.57. The standard InChI is InChI=1S/C12H16N2O3/c1-7(8-2-3-8)6-14-10(16)12(4-5-12)9(15)13-11(14)17/h7-8H,2-6H2,1H3,(H,13,15,17). The molecule has 1 N–H and O–H groups in total. The number of barbiturate groups is 1. The van der Waals surface area contributed by atoms with Gasteiger partial charge in [-0.1, -0.05) is 6.92 Å². The number of hydrogen-bond acceptors (Lipinski definition) is 3. The molecule has 2 aliphatic carbocycles. The first-order valence-corrected chi connectivity index (χ1v) is 6.22. The number of carbonyl (C=O) groups excluding carboxylic acids is 3. The van der Waals surface area contributed by atoms with Crippen molar-refractivity contribution in [2.45, 2.75) is 32.6 Å². The molecule has 1 spiro atoms. The van der Waals surface area contributed by atoms with E-state index in [1.807, 2.05) is 0 Å². The Bertz CT molecular complexity index is 410. The van der Waals surface area contributed by atoms with Crippen molar-refractivity contribution in [3.8, 4) is 0 Å². The molecule has 3 fully saturated rings. The third kappa shape index (κ3) is 1.56. The highest BCUT2D eigenvalue weighted by Gasteiger charge is 2.62. The van der Waals surface area contributed by atoms with Crippen molar-refractivity contribution in [2.24, 2.45) is 17.3 Å². The van der Waals surface area contributed by atoms with Crippen LogP contribution in [0, 0.1) is 17.3 Å². The zero-order valence-corrected chi connectivity index (χ0v) is 9.86. The molecular formula is C12H16N2O3. The maximum atomic E-state index is 12.2. The highest BCUT2D eigenvalue weighted by atomic mass is 16.2. The zero-order chi connectivity index (χ0) is 12.2. The number of hydrogen-bond donors (Lipinski definition) is 1. The summed E-state index contributed by atoms with van der Waals surface area (Å²) in [6.07, 6.45) is 3.54. The van der Waals surface area contributed by atoms with Crippen LogP contribution in [0.1, 0.15) is 32.6 Å². The molecule has 2 saturated carbocycles. The van der Waals surface area contributed by atoms with Crippen LogP contribution >= 0.6 is 0 Å². The number of carbonyl (C=O) groups is 3. The number of rotatable bonds is 3. The number of imide groups is 2. The van der Waals surface area contributed by atoms with Gasteiger partial charge in [-0.05, 0) is 37.5 Å². The smallest absolute Gasteiger partial charge is 0.277 e. The van der Waals surface area contributed by atoms with Crippen molar-refractivity contribution in [1.29, 1.82) is 0 Å². The molecule has 0 radical (unpaired) electrons. The van der Waals surface area contributed by atoms with E-state index in [4.69, 9.17) is 0 Å². The predicted octanol–water partition coefficient (Wildman–Crippen LogP) is 0.891. The van der Waals surface area contributed by atoms with E-state index in [-0.39, 0.29) is 5.91 Å².